The molecule has 0 amide bonds. The average Bonchev–Trinajstić information content (AvgIpc) is 3.43. The topological polar surface area (TPSA) is 68.2 Å². The Morgan fingerprint density at radius 1 is 1.16 bits per heavy atom. The minimum absolute atomic E-state index is 0.258. The largest absolute Gasteiger partial charge is 0.497 e. The van der Waals surface area contributed by atoms with Gasteiger partial charge in [-0.1, -0.05) is 25.0 Å². The van der Waals surface area contributed by atoms with Crippen molar-refractivity contribution in [3.05, 3.63) is 29.8 Å². The number of rotatable bonds is 6. The highest BCUT2D eigenvalue weighted by Gasteiger charge is 2.43. The number of fused-ring (bicyclic) bond motifs is 1. The molecule has 9 heteroatoms. The Morgan fingerprint density at radius 2 is 1.81 bits per heavy atom. The van der Waals surface area contributed by atoms with Gasteiger partial charge in [-0.2, -0.15) is 13.2 Å². The van der Waals surface area contributed by atoms with Crippen molar-refractivity contribution in [2.45, 2.75) is 69.5 Å². The summed E-state index contributed by atoms with van der Waals surface area (Å²) < 4.78 is 49.5. The minimum Gasteiger partial charge on any atom is -0.497 e. The van der Waals surface area contributed by atoms with E-state index in [1.807, 2.05) is 0 Å². The monoisotopic (exact) mass is 459 g/mol. The zero-order valence-electron chi connectivity index (χ0n) is 18.4. The summed E-state index contributed by atoms with van der Waals surface area (Å²) >= 11 is 0. The SMILES string of the molecule is COc1ccc(CN2CCO[C@H]3[C@H](OCC4CCCC4)CC[C@@H]32)cc1.O=C(O)C(F)(F)F. The lowest BCUT2D eigenvalue weighted by molar-refractivity contribution is -0.192. The predicted octanol–water partition coefficient (Wildman–Crippen LogP) is 4.27. The number of hydrogen-bond acceptors (Lipinski definition) is 5. The first-order valence-electron chi connectivity index (χ1n) is 11.2. The number of methoxy groups -OCH3 is 1. The van der Waals surface area contributed by atoms with Crippen LogP contribution in [0.4, 0.5) is 13.2 Å². The van der Waals surface area contributed by atoms with Gasteiger partial charge in [0.05, 0.1) is 25.9 Å². The molecule has 180 valence electrons. The minimum atomic E-state index is -5.08. The van der Waals surface area contributed by atoms with Crippen LogP contribution in [0.3, 0.4) is 0 Å². The lowest BCUT2D eigenvalue weighted by Gasteiger charge is -2.39. The fourth-order valence-electron chi connectivity index (χ4n) is 4.77. The van der Waals surface area contributed by atoms with Crippen molar-refractivity contribution in [3.8, 4) is 5.75 Å². The van der Waals surface area contributed by atoms with Gasteiger partial charge in [-0.25, -0.2) is 4.79 Å². The fourth-order valence-corrected chi connectivity index (χ4v) is 4.77. The van der Waals surface area contributed by atoms with Crippen molar-refractivity contribution in [1.82, 2.24) is 4.90 Å². The molecule has 2 saturated carbocycles. The molecule has 1 saturated heterocycles. The molecule has 6 nitrogen and oxygen atoms in total. The van der Waals surface area contributed by atoms with E-state index >= 15 is 0 Å². The van der Waals surface area contributed by atoms with E-state index in [0.717, 1.165) is 44.4 Å². The summed E-state index contributed by atoms with van der Waals surface area (Å²) in [6.07, 6.45) is 3.28. The smallest absolute Gasteiger partial charge is 0.490 e. The summed E-state index contributed by atoms with van der Waals surface area (Å²) in [6, 6.07) is 8.95. The molecular weight excluding hydrogens is 427 g/mol. The van der Waals surface area contributed by atoms with Gasteiger partial charge in [0.1, 0.15) is 5.75 Å². The Labute approximate surface area is 186 Å². The van der Waals surface area contributed by atoms with Crippen molar-refractivity contribution in [1.29, 1.82) is 0 Å². The van der Waals surface area contributed by atoms with Crippen LogP contribution in [0.1, 0.15) is 44.1 Å². The number of alkyl halides is 3. The number of nitrogens with zero attached hydrogens (tertiary/aromatic N) is 1. The van der Waals surface area contributed by atoms with Crippen molar-refractivity contribution < 1.29 is 37.3 Å². The molecule has 0 radical (unpaired) electrons. The summed E-state index contributed by atoms with van der Waals surface area (Å²) in [6.45, 7) is 3.77. The maximum atomic E-state index is 10.6. The molecular formula is C23H32F3NO5. The Kier molecular flexibility index (Phi) is 8.79. The number of benzene rings is 1. The second-order valence-electron chi connectivity index (χ2n) is 8.62. The quantitative estimate of drug-likeness (QED) is 0.686. The third-order valence-corrected chi connectivity index (χ3v) is 6.46. The Morgan fingerprint density at radius 3 is 2.41 bits per heavy atom. The van der Waals surface area contributed by atoms with Crippen LogP contribution in [0.25, 0.3) is 0 Å². The normalized spacial score (nSPS) is 26.3. The van der Waals surface area contributed by atoms with Crippen LogP contribution in [0, 0.1) is 5.92 Å². The van der Waals surface area contributed by atoms with E-state index in [-0.39, 0.29) is 6.10 Å². The van der Waals surface area contributed by atoms with E-state index in [1.54, 1.807) is 7.11 Å². The van der Waals surface area contributed by atoms with Gasteiger partial charge in [0.2, 0.25) is 0 Å². The molecule has 0 aromatic heterocycles. The maximum Gasteiger partial charge on any atom is 0.490 e. The van der Waals surface area contributed by atoms with E-state index in [2.05, 4.69) is 29.2 Å². The highest BCUT2D eigenvalue weighted by molar-refractivity contribution is 5.73. The first kappa shape index (κ1) is 24.8. The van der Waals surface area contributed by atoms with Crippen LogP contribution in [-0.4, -0.2) is 67.3 Å². The van der Waals surface area contributed by atoms with Gasteiger partial charge in [-0.15, -0.1) is 0 Å². The molecule has 1 aromatic rings. The Bertz CT molecular complexity index is 721. The predicted molar refractivity (Wildman–Crippen MR) is 112 cm³/mol. The highest BCUT2D eigenvalue weighted by atomic mass is 19.4. The van der Waals surface area contributed by atoms with Gasteiger partial charge in [0.15, 0.2) is 0 Å². The third kappa shape index (κ3) is 6.83. The molecule has 1 aliphatic heterocycles. The summed E-state index contributed by atoms with van der Waals surface area (Å²) in [5.41, 5.74) is 1.34. The van der Waals surface area contributed by atoms with Crippen LogP contribution in [0.5, 0.6) is 5.75 Å². The molecule has 1 N–H and O–H groups in total. The van der Waals surface area contributed by atoms with Gasteiger partial charge < -0.3 is 19.3 Å². The number of ether oxygens (including phenoxy) is 3. The molecule has 1 aromatic carbocycles. The zero-order valence-corrected chi connectivity index (χ0v) is 18.4. The van der Waals surface area contributed by atoms with Crippen molar-refractivity contribution >= 4 is 5.97 Å². The van der Waals surface area contributed by atoms with Gasteiger partial charge in [-0.05, 0) is 49.3 Å². The Hall–Kier alpha value is -1.84. The van der Waals surface area contributed by atoms with E-state index in [0.29, 0.717) is 12.1 Å². The van der Waals surface area contributed by atoms with E-state index in [1.165, 1.54) is 37.7 Å². The molecule has 2 aliphatic carbocycles. The molecule has 32 heavy (non-hydrogen) atoms. The van der Waals surface area contributed by atoms with Gasteiger partial charge >= 0.3 is 12.1 Å². The Balaban J connectivity index is 0.000000360. The molecule has 1 heterocycles. The number of hydrogen-bond donors (Lipinski definition) is 1. The highest BCUT2D eigenvalue weighted by Crippen LogP contribution is 2.34. The summed E-state index contributed by atoms with van der Waals surface area (Å²) in [4.78, 5) is 11.5. The van der Waals surface area contributed by atoms with Gasteiger partial charge in [0, 0.05) is 25.7 Å². The number of morpholine rings is 1. The summed E-state index contributed by atoms with van der Waals surface area (Å²) in [5, 5.41) is 7.12. The first-order valence-corrected chi connectivity index (χ1v) is 11.2. The van der Waals surface area contributed by atoms with Crippen molar-refractivity contribution in [3.63, 3.8) is 0 Å². The standard InChI is InChI=1S/C21H31NO3.C2HF3O2/c1-23-18-8-6-16(7-9-18)14-22-12-13-24-21-19(22)10-11-20(21)25-15-17-4-2-3-5-17;3-2(4,5)1(6)7/h6-9,17,19-21H,2-5,10-15H2,1H3;(H,6,7)/t19-,20+,21+;/m0./s1. The first-order chi connectivity index (χ1) is 15.3. The number of carboxylic acids is 1. The number of aliphatic carboxylic acids is 1. The van der Waals surface area contributed by atoms with Gasteiger partial charge in [-0.3, -0.25) is 4.90 Å². The molecule has 3 aliphatic rings. The summed E-state index contributed by atoms with van der Waals surface area (Å²) in [7, 11) is 1.71. The molecule has 4 rings (SSSR count). The van der Waals surface area contributed by atoms with Crippen molar-refractivity contribution in [2.24, 2.45) is 5.92 Å². The molecule has 0 bridgehead atoms. The van der Waals surface area contributed by atoms with E-state index < -0.39 is 12.1 Å². The van der Waals surface area contributed by atoms with Crippen molar-refractivity contribution in [2.75, 3.05) is 26.9 Å². The second-order valence-corrected chi connectivity index (χ2v) is 8.62. The van der Waals surface area contributed by atoms with Crippen LogP contribution in [0.15, 0.2) is 24.3 Å². The molecule has 3 atom stereocenters. The summed E-state index contributed by atoms with van der Waals surface area (Å²) in [5.74, 6) is -1.05. The number of halogens is 3. The van der Waals surface area contributed by atoms with Crippen LogP contribution in [0.2, 0.25) is 0 Å². The van der Waals surface area contributed by atoms with Crippen LogP contribution < -0.4 is 4.74 Å². The zero-order chi connectivity index (χ0) is 23.1. The molecule has 0 spiro atoms. The maximum absolute atomic E-state index is 10.6. The lowest BCUT2D eigenvalue weighted by Crippen LogP contribution is -2.51. The van der Waals surface area contributed by atoms with Crippen LogP contribution >= 0.6 is 0 Å². The number of carboxylic acid groups (broad SMARTS) is 1. The van der Waals surface area contributed by atoms with Crippen LogP contribution in [-0.2, 0) is 20.8 Å². The molecule has 3 fully saturated rings. The van der Waals surface area contributed by atoms with E-state index in [9.17, 15) is 13.2 Å². The average molecular weight is 460 g/mol. The lowest BCUT2D eigenvalue weighted by atomic mass is 10.1. The second kappa shape index (κ2) is 11.3. The van der Waals surface area contributed by atoms with Gasteiger partial charge in [0.25, 0.3) is 0 Å². The molecule has 0 unspecified atom stereocenters. The fraction of sp³-hybridized carbons (Fsp3) is 0.696. The third-order valence-electron chi connectivity index (χ3n) is 6.46. The number of carbonyl (C=O) groups is 1. The van der Waals surface area contributed by atoms with E-state index in [4.69, 9.17) is 24.1 Å².